The third-order valence-electron chi connectivity index (χ3n) is 2.86. The minimum atomic E-state index is 0.458. The number of benzene rings is 1. The minimum absolute atomic E-state index is 0.458. The van der Waals surface area contributed by atoms with E-state index in [9.17, 15) is 0 Å². The quantitative estimate of drug-likeness (QED) is 0.701. The van der Waals surface area contributed by atoms with Crippen LogP contribution < -0.4 is 0 Å². The van der Waals surface area contributed by atoms with Crippen LogP contribution in [-0.2, 0) is 0 Å². The molecule has 1 heterocycles. The Morgan fingerprint density at radius 3 is 2.73 bits per heavy atom. The zero-order chi connectivity index (χ0) is 10.8. The number of allylic oxidation sites excluding steroid dienone is 1. The molecule has 0 aliphatic heterocycles. The van der Waals surface area contributed by atoms with Gasteiger partial charge in [-0.25, -0.2) is 4.98 Å². The fraction of sp³-hybridized carbons (Fsp3) is 0.308. The van der Waals surface area contributed by atoms with Crippen LogP contribution >= 0.6 is 11.3 Å². The summed E-state index contributed by atoms with van der Waals surface area (Å²) in [5.41, 5.74) is 1.11. The van der Waals surface area contributed by atoms with Crippen LogP contribution in [0.25, 0.3) is 10.2 Å². The van der Waals surface area contributed by atoms with Crippen molar-refractivity contribution in [2.75, 3.05) is 0 Å². The minimum Gasteiger partial charge on any atom is -0.241 e. The van der Waals surface area contributed by atoms with E-state index >= 15 is 0 Å². The molecule has 2 atom stereocenters. The Kier molecular flexibility index (Phi) is 2.87. The van der Waals surface area contributed by atoms with Gasteiger partial charge >= 0.3 is 0 Å². The van der Waals surface area contributed by atoms with Crippen LogP contribution in [0, 0.1) is 5.92 Å². The largest absolute Gasteiger partial charge is 0.241 e. The second kappa shape index (κ2) is 4.15. The molecule has 0 saturated carbocycles. The lowest BCUT2D eigenvalue weighted by molar-refractivity contribution is 0.590. The molecule has 0 spiro atoms. The van der Waals surface area contributed by atoms with E-state index in [0.29, 0.717) is 11.8 Å². The lowest BCUT2D eigenvalue weighted by Gasteiger charge is -2.12. The van der Waals surface area contributed by atoms with E-state index in [0.717, 1.165) is 5.52 Å². The maximum Gasteiger partial charge on any atom is 0.0972 e. The molecule has 0 aliphatic carbocycles. The van der Waals surface area contributed by atoms with Crippen LogP contribution in [0.5, 0.6) is 0 Å². The fourth-order valence-corrected chi connectivity index (χ4v) is 2.65. The van der Waals surface area contributed by atoms with Gasteiger partial charge in [-0.2, -0.15) is 0 Å². The Morgan fingerprint density at radius 1 is 1.33 bits per heavy atom. The second-order valence-corrected chi connectivity index (χ2v) is 4.97. The van der Waals surface area contributed by atoms with E-state index in [-0.39, 0.29) is 0 Å². The van der Waals surface area contributed by atoms with Crippen molar-refractivity contribution in [2.24, 2.45) is 5.92 Å². The van der Waals surface area contributed by atoms with Crippen molar-refractivity contribution in [3.05, 3.63) is 41.9 Å². The number of thiazole rings is 1. The van der Waals surface area contributed by atoms with Crippen molar-refractivity contribution in [1.29, 1.82) is 0 Å². The lowest BCUT2D eigenvalue weighted by Crippen LogP contribution is -2.02. The number of hydrogen-bond acceptors (Lipinski definition) is 2. The molecule has 0 fully saturated rings. The van der Waals surface area contributed by atoms with E-state index < -0.39 is 0 Å². The molecule has 0 N–H and O–H groups in total. The Hall–Kier alpha value is -1.15. The zero-order valence-corrected chi connectivity index (χ0v) is 9.92. The molecule has 2 rings (SSSR count). The fourth-order valence-electron chi connectivity index (χ4n) is 1.51. The van der Waals surface area contributed by atoms with E-state index in [2.05, 4.69) is 43.6 Å². The van der Waals surface area contributed by atoms with Gasteiger partial charge in [0.15, 0.2) is 0 Å². The standard InChI is InChI=1S/C13H15NS/c1-4-9(2)10(3)13-14-11-7-5-6-8-12(11)15-13/h4-10H,1H2,2-3H3. The highest BCUT2D eigenvalue weighted by Crippen LogP contribution is 2.31. The predicted octanol–water partition coefficient (Wildman–Crippen LogP) is 4.22. The molecule has 2 unspecified atom stereocenters. The van der Waals surface area contributed by atoms with Crippen molar-refractivity contribution in [1.82, 2.24) is 4.98 Å². The van der Waals surface area contributed by atoms with Gasteiger partial charge in [0, 0.05) is 5.92 Å². The summed E-state index contributed by atoms with van der Waals surface area (Å²) >= 11 is 1.79. The van der Waals surface area contributed by atoms with Gasteiger partial charge in [-0.1, -0.05) is 32.1 Å². The number of para-hydroxylation sites is 1. The summed E-state index contributed by atoms with van der Waals surface area (Å²) in [7, 11) is 0. The highest BCUT2D eigenvalue weighted by Gasteiger charge is 2.15. The topological polar surface area (TPSA) is 12.9 Å². The SMILES string of the molecule is C=CC(C)C(C)c1nc2ccccc2s1. The summed E-state index contributed by atoms with van der Waals surface area (Å²) in [6, 6.07) is 8.29. The van der Waals surface area contributed by atoms with E-state index in [1.54, 1.807) is 11.3 Å². The Labute approximate surface area is 94.5 Å². The van der Waals surface area contributed by atoms with Crippen molar-refractivity contribution in [3.63, 3.8) is 0 Å². The third kappa shape index (κ3) is 1.95. The average molecular weight is 217 g/mol. The molecular weight excluding hydrogens is 202 g/mol. The van der Waals surface area contributed by atoms with Crippen LogP contribution in [0.2, 0.25) is 0 Å². The molecule has 1 nitrogen and oxygen atoms in total. The van der Waals surface area contributed by atoms with Gasteiger partial charge in [0.05, 0.1) is 15.2 Å². The van der Waals surface area contributed by atoms with Gasteiger partial charge in [-0.05, 0) is 18.1 Å². The number of aromatic nitrogens is 1. The first-order valence-corrected chi connectivity index (χ1v) is 6.02. The van der Waals surface area contributed by atoms with Crippen LogP contribution in [0.3, 0.4) is 0 Å². The molecule has 1 aromatic heterocycles. The van der Waals surface area contributed by atoms with Crippen LogP contribution in [0.1, 0.15) is 24.8 Å². The van der Waals surface area contributed by atoms with E-state index in [1.807, 2.05) is 12.1 Å². The molecule has 0 saturated heterocycles. The summed E-state index contributed by atoms with van der Waals surface area (Å²) in [4.78, 5) is 4.65. The Morgan fingerprint density at radius 2 is 2.07 bits per heavy atom. The van der Waals surface area contributed by atoms with Crippen LogP contribution in [0.15, 0.2) is 36.9 Å². The number of hydrogen-bond donors (Lipinski definition) is 0. The zero-order valence-electron chi connectivity index (χ0n) is 9.10. The van der Waals surface area contributed by atoms with Crippen molar-refractivity contribution in [3.8, 4) is 0 Å². The van der Waals surface area contributed by atoms with E-state index in [1.165, 1.54) is 9.71 Å². The van der Waals surface area contributed by atoms with Gasteiger partial charge in [0.25, 0.3) is 0 Å². The summed E-state index contributed by atoms with van der Waals surface area (Å²) in [6.45, 7) is 8.23. The Balaban J connectivity index is 2.40. The van der Waals surface area contributed by atoms with Crippen LogP contribution in [-0.4, -0.2) is 4.98 Å². The third-order valence-corrected chi connectivity index (χ3v) is 4.10. The predicted molar refractivity (Wildman–Crippen MR) is 67.4 cm³/mol. The first-order valence-electron chi connectivity index (χ1n) is 5.20. The Bertz CT molecular complexity index is 439. The van der Waals surface area contributed by atoms with Crippen LogP contribution in [0.4, 0.5) is 0 Å². The molecule has 1 aromatic carbocycles. The maximum absolute atomic E-state index is 4.65. The molecule has 0 radical (unpaired) electrons. The molecule has 15 heavy (non-hydrogen) atoms. The molecule has 0 aliphatic rings. The molecule has 2 heteroatoms. The summed E-state index contributed by atoms with van der Waals surface area (Å²) in [5.74, 6) is 0.936. The molecule has 0 bridgehead atoms. The average Bonchev–Trinajstić information content (AvgIpc) is 2.70. The van der Waals surface area contributed by atoms with E-state index in [4.69, 9.17) is 0 Å². The normalized spacial score (nSPS) is 15.1. The molecular formula is C13H15NS. The first-order chi connectivity index (χ1) is 7.22. The summed E-state index contributed by atoms with van der Waals surface area (Å²) in [6.07, 6.45) is 2.00. The summed E-state index contributed by atoms with van der Waals surface area (Å²) < 4.78 is 1.27. The van der Waals surface area contributed by atoms with Gasteiger partial charge in [-0.3, -0.25) is 0 Å². The monoisotopic (exact) mass is 217 g/mol. The van der Waals surface area contributed by atoms with Crippen molar-refractivity contribution in [2.45, 2.75) is 19.8 Å². The van der Waals surface area contributed by atoms with Gasteiger partial charge in [0.1, 0.15) is 0 Å². The first kappa shape index (κ1) is 10.4. The van der Waals surface area contributed by atoms with Crippen molar-refractivity contribution < 1.29 is 0 Å². The molecule has 0 amide bonds. The second-order valence-electron chi connectivity index (χ2n) is 3.90. The van der Waals surface area contributed by atoms with Gasteiger partial charge in [-0.15, -0.1) is 17.9 Å². The van der Waals surface area contributed by atoms with Gasteiger partial charge < -0.3 is 0 Å². The maximum atomic E-state index is 4.65. The number of fused-ring (bicyclic) bond motifs is 1. The highest BCUT2D eigenvalue weighted by molar-refractivity contribution is 7.18. The van der Waals surface area contributed by atoms with Gasteiger partial charge in [0.2, 0.25) is 0 Å². The lowest BCUT2D eigenvalue weighted by atomic mass is 9.97. The molecule has 2 aromatic rings. The molecule has 78 valence electrons. The number of nitrogens with zero attached hydrogens (tertiary/aromatic N) is 1. The summed E-state index contributed by atoms with van der Waals surface area (Å²) in [5, 5.41) is 1.21. The highest BCUT2D eigenvalue weighted by atomic mass is 32.1. The van der Waals surface area contributed by atoms with Crippen molar-refractivity contribution >= 4 is 21.6 Å². The number of rotatable bonds is 3. The smallest absolute Gasteiger partial charge is 0.0972 e.